The number of rotatable bonds is 8. The summed E-state index contributed by atoms with van der Waals surface area (Å²) in [5, 5.41) is 2.91. The SMILES string of the molecule is COc1ccc(N2CCN(C)CC2)c2c1CCN(C(=O)CCCCNC(=O)c1ccncc1)C2. The zero-order valence-electron chi connectivity index (χ0n) is 20.3. The van der Waals surface area contributed by atoms with Crippen LogP contribution in [0, 0.1) is 0 Å². The Morgan fingerprint density at radius 1 is 1.00 bits per heavy atom. The number of ether oxygens (including phenoxy) is 1. The first kappa shape index (κ1) is 24.0. The number of hydrogen-bond donors (Lipinski definition) is 1. The second-order valence-corrected chi connectivity index (χ2v) is 9.05. The monoisotopic (exact) mass is 465 g/mol. The molecular formula is C26H35N5O3. The van der Waals surface area contributed by atoms with E-state index in [1.54, 1.807) is 31.6 Å². The molecule has 1 saturated heterocycles. The van der Waals surface area contributed by atoms with Crippen molar-refractivity contribution in [3.05, 3.63) is 53.3 Å². The Kier molecular flexibility index (Phi) is 8.00. The maximum Gasteiger partial charge on any atom is 0.251 e. The number of pyridine rings is 1. The van der Waals surface area contributed by atoms with E-state index in [0.29, 0.717) is 31.6 Å². The van der Waals surface area contributed by atoms with E-state index in [0.717, 1.165) is 51.2 Å². The Morgan fingerprint density at radius 3 is 2.50 bits per heavy atom. The number of nitrogens with zero attached hydrogens (tertiary/aromatic N) is 4. The van der Waals surface area contributed by atoms with Crippen LogP contribution in [0.1, 0.15) is 40.7 Å². The largest absolute Gasteiger partial charge is 0.496 e. The van der Waals surface area contributed by atoms with E-state index in [9.17, 15) is 9.59 Å². The molecule has 0 aliphatic carbocycles. The van der Waals surface area contributed by atoms with Gasteiger partial charge in [-0.2, -0.15) is 0 Å². The lowest BCUT2D eigenvalue weighted by Gasteiger charge is -2.38. The molecule has 0 saturated carbocycles. The van der Waals surface area contributed by atoms with Crippen molar-refractivity contribution in [3.63, 3.8) is 0 Å². The summed E-state index contributed by atoms with van der Waals surface area (Å²) in [6.07, 6.45) is 6.04. The Balaban J connectivity index is 1.31. The number of nitrogens with one attached hydrogen (secondary N) is 1. The molecule has 0 radical (unpaired) electrons. The summed E-state index contributed by atoms with van der Waals surface area (Å²) in [7, 11) is 3.88. The number of benzene rings is 1. The average molecular weight is 466 g/mol. The summed E-state index contributed by atoms with van der Waals surface area (Å²) in [5.74, 6) is 0.995. The Bertz CT molecular complexity index is 989. The Labute approximate surface area is 201 Å². The zero-order valence-corrected chi connectivity index (χ0v) is 20.3. The highest BCUT2D eigenvalue weighted by atomic mass is 16.5. The van der Waals surface area contributed by atoms with E-state index in [4.69, 9.17) is 4.74 Å². The number of hydrogen-bond acceptors (Lipinski definition) is 6. The first-order valence-corrected chi connectivity index (χ1v) is 12.1. The molecule has 1 aromatic heterocycles. The molecule has 2 aliphatic rings. The Morgan fingerprint density at radius 2 is 1.76 bits per heavy atom. The minimum absolute atomic E-state index is 0.105. The lowest BCUT2D eigenvalue weighted by atomic mass is 9.95. The molecule has 4 rings (SSSR count). The molecule has 34 heavy (non-hydrogen) atoms. The van der Waals surface area contributed by atoms with Crippen LogP contribution in [0.5, 0.6) is 5.75 Å². The summed E-state index contributed by atoms with van der Waals surface area (Å²) >= 11 is 0. The van der Waals surface area contributed by atoms with E-state index < -0.39 is 0 Å². The van der Waals surface area contributed by atoms with Gasteiger partial charge < -0.3 is 24.8 Å². The van der Waals surface area contributed by atoms with Crippen molar-refractivity contribution in [3.8, 4) is 5.75 Å². The fourth-order valence-corrected chi connectivity index (χ4v) is 4.74. The molecule has 0 bridgehead atoms. The molecule has 2 aliphatic heterocycles. The predicted octanol–water partition coefficient (Wildman–Crippen LogP) is 2.33. The molecule has 1 fully saturated rings. The van der Waals surface area contributed by atoms with E-state index in [1.807, 2.05) is 4.90 Å². The van der Waals surface area contributed by atoms with Gasteiger partial charge in [0.15, 0.2) is 0 Å². The van der Waals surface area contributed by atoms with Crippen LogP contribution in [0.2, 0.25) is 0 Å². The van der Waals surface area contributed by atoms with E-state index in [2.05, 4.69) is 39.3 Å². The molecule has 1 aromatic carbocycles. The van der Waals surface area contributed by atoms with Crippen molar-refractivity contribution in [2.45, 2.75) is 32.2 Å². The van der Waals surface area contributed by atoms with Crippen LogP contribution in [0.25, 0.3) is 0 Å². The van der Waals surface area contributed by atoms with Crippen molar-refractivity contribution in [1.29, 1.82) is 0 Å². The van der Waals surface area contributed by atoms with Crippen LogP contribution >= 0.6 is 0 Å². The number of piperazine rings is 1. The minimum atomic E-state index is -0.105. The van der Waals surface area contributed by atoms with Crippen molar-refractivity contribution in [1.82, 2.24) is 20.1 Å². The van der Waals surface area contributed by atoms with Gasteiger partial charge in [0.2, 0.25) is 5.91 Å². The third kappa shape index (κ3) is 5.67. The highest BCUT2D eigenvalue weighted by molar-refractivity contribution is 5.93. The molecule has 3 heterocycles. The Hall–Kier alpha value is -3.13. The molecular weight excluding hydrogens is 430 g/mol. The van der Waals surface area contributed by atoms with Crippen LogP contribution in [-0.2, 0) is 17.8 Å². The van der Waals surface area contributed by atoms with Gasteiger partial charge in [-0.05, 0) is 50.6 Å². The number of methoxy groups -OCH3 is 1. The zero-order chi connectivity index (χ0) is 23.9. The van der Waals surface area contributed by atoms with Gasteiger partial charge >= 0.3 is 0 Å². The number of aromatic nitrogens is 1. The van der Waals surface area contributed by atoms with Crippen LogP contribution < -0.4 is 15.0 Å². The van der Waals surface area contributed by atoms with Gasteiger partial charge in [0.1, 0.15) is 5.75 Å². The van der Waals surface area contributed by atoms with Gasteiger partial charge in [0.05, 0.1) is 7.11 Å². The van der Waals surface area contributed by atoms with Gasteiger partial charge in [-0.1, -0.05) is 0 Å². The summed E-state index contributed by atoms with van der Waals surface area (Å²) in [5.41, 5.74) is 4.31. The van der Waals surface area contributed by atoms with Crippen LogP contribution in [-0.4, -0.2) is 80.0 Å². The molecule has 2 amide bonds. The molecule has 182 valence electrons. The fraction of sp³-hybridized carbons (Fsp3) is 0.500. The smallest absolute Gasteiger partial charge is 0.251 e. The first-order valence-electron chi connectivity index (χ1n) is 12.1. The molecule has 0 atom stereocenters. The number of anilines is 1. The van der Waals surface area contributed by atoms with Crippen molar-refractivity contribution in [2.75, 3.05) is 58.3 Å². The second-order valence-electron chi connectivity index (χ2n) is 9.05. The van der Waals surface area contributed by atoms with E-state index in [1.165, 1.54) is 16.8 Å². The third-order valence-electron chi connectivity index (χ3n) is 6.81. The maximum absolute atomic E-state index is 13.0. The standard InChI is InChI=1S/C26H35N5O3/c1-29-15-17-30(18-16-29)23-6-7-24(34-2)21-10-14-31(19-22(21)23)25(32)5-3-4-11-28-26(33)20-8-12-27-13-9-20/h6-9,12-13H,3-5,10-11,14-19H2,1-2H3,(H,28,33). The van der Waals surface area contributed by atoms with Crippen LogP contribution in [0.3, 0.4) is 0 Å². The fourth-order valence-electron chi connectivity index (χ4n) is 4.74. The van der Waals surface area contributed by atoms with Crippen LogP contribution in [0.15, 0.2) is 36.7 Å². The summed E-state index contributed by atoms with van der Waals surface area (Å²) < 4.78 is 5.64. The summed E-state index contributed by atoms with van der Waals surface area (Å²) in [4.78, 5) is 35.8. The van der Waals surface area contributed by atoms with E-state index >= 15 is 0 Å². The number of amides is 2. The number of carbonyl (C=O) groups is 2. The van der Waals surface area contributed by atoms with Gasteiger partial charge in [-0.3, -0.25) is 14.6 Å². The van der Waals surface area contributed by atoms with Gasteiger partial charge in [0, 0.05) is 87.0 Å². The normalized spacial score (nSPS) is 16.2. The predicted molar refractivity (Wildman–Crippen MR) is 132 cm³/mol. The lowest BCUT2D eigenvalue weighted by Crippen LogP contribution is -2.45. The second kappa shape index (κ2) is 11.3. The molecule has 1 N–H and O–H groups in total. The van der Waals surface area contributed by atoms with Gasteiger partial charge in [-0.25, -0.2) is 0 Å². The van der Waals surface area contributed by atoms with Crippen molar-refractivity contribution >= 4 is 17.5 Å². The topological polar surface area (TPSA) is 78.0 Å². The molecule has 8 heteroatoms. The molecule has 2 aromatic rings. The number of unbranched alkanes of at least 4 members (excludes halogenated alkanes) is 1. The third-order valence-corrected chi connectivity index (χ3v) is 6.81. The average Bonchev–Trinajstić information content (AvgIpc) is 2.88. The van der Waals surface area contributed by atoms with Gasteiger partial charge in [-0.15, -0.1) is 0 Å². The van der Waals surface area contributed by atoms with Gasteiger partial charge in [0.25, 0.3) is 5.91 Å². The molecule has 0 spiro atoms. The minimum Gasteiger partial charge on any atom is -0.496 e. The highest BCUT2D eigenvalue weighted by Crippen LogP contribution is 2.36. The summed E-state index contributed by atoms with van der Waals surface area (Å²) in [6.45, 7) is 5.98. The number of carbonyl (C=O) groups excluding carboxylic acids is 2. The molecule has 0 unspecified atom stereocenters. The molecule has 8 nitrogen and oxygen atoms in total. The van der Waals surface area contributed by atoms with Crippen molar-refractivity contribution < 1.29 is 14.3 Å². The quantitative estimate of drug-likeness (QED) is 0.603. The maximum atomic E-state index is 13.0. The number of likely N-dealkylation sites (N-methyl/N-ethyl adjacent to an activating group) is 1. The van der Waals surface area contributed by atoms with Crippen LogP contribution in [0.4, 0.5) is 5.69 Å². The van der Waals surface area contributed by atoms with Crippen molar-refractivity contribution in [2.24, 2.45) is 0 Å². The van der Waals surface area contributed by atoms with E-state index in [-0.39, 0.29) is 11.8 Å². The lowest BCUT2D eigenvalue weighted by molar-refractivity contribution is -0.132. The first-order chi connectivity index (χ1) is 16.6. The number of fused-ring (bicyclic) bond motifs is 1. The highest BCUT2D eigenvalue weighted by Gasteiger charge is 2.27. The summed E-state index contributed by atoms with van der Waals surface area (Å²) in [6, 6.07) is 7.61.